The highest BCUT2D eigenvalue weighted by Crippen LogP contribution is 2.38. The van der Waals surface area contributed by atoms with Crippen LogP contribution in [0.1, 0.15) is 12.6 Å². The molecule has 0 aromatic carbocycles. The second-order valence-electron chi connectivity index (χ2n) is 7.56. The SMILES string of the molecule is CCc1[nH]c2nc(Sc3cnc4nccnc4c3)nc(N3CC(CNC(=N)N)C3)c2c1Cl. The number of hydrogen-bond acceptors (Lipinski definition) is 8. The number of aromatic nitrogens is 6. The molecule has 5 heterocycles. The van der Waals surface area contributed by atoms with Crippen molar-refractivity contribution >= 4 is 57.3 Å². The number of aromatic amines is 1. The lowest BCUT2D eigenvalue weighted by Crippen LogP contribution is -2.52. The number of aryl methyl sites for hydroxylation is 1. The first-order chi connectivity index (χ1) is 15.5. The number of pyridine rings is 1. The van der Waals surface area contributed by atoms with Gasteiger partial charge in [0.25, 0.3) is 0 Å². The van der Waals surface area contributed by atoms with E-state index in [-0.39, 0.29) is 5.96 Å². The van der Waals surface area contributed by atoms with E-state index in [1.54, 1.807) is 18.6 Å². The van der Waals surface area contributed by atoms with Crippen LogP contribution >= 0.6 is 23.4 Å². The predicted molar refractivity (Wildman–Crippen MR) is 125 cm³/mol. The summed E-state index contributed by atoms with van der Waals surface area (Å²) in [5.41, 5.74) is 8.39. The molecule has 0 saturated carbocycles. The molecule has 0 unspecified atom stereocenters. The van der Waals surface area contributed by atoms with E-state index >= 15 is 0 Å². The third-order valence-corrected chi connectivity index (χ3v) is 6.56. The molecule has 1 saturated heterocycles. The maximum atomic E-state index is 7.34. The number of fused-ring (bicyclic) bond motifs is 2. The molecule has 0 bridgehead atoms. The number of halogens is 1. The van der Waals surface area contributed by atoms with Gasteiger partial charge in [-0.3, -0.25) is 10.4 Å². The molecule has 1 fully saturated rings. The predicted octanol–water partition coefficient (Wildman–Crippen LogP) is 2.58. The van der Waals surface area contributed by atoms with Gasteiger partial charge in [0, 0.05) is 54.7 Å². The van der Waals surface area contributed by atoms with Crippen LogP contribution in [0.25, 0.3) is 22.2 Å². The number of anilines is 1. The van der Waals surface area contributed by atoms with Crippen molar-refractivity contribution in [3.63, 3.8) is 0 Å². The zero-order valence-electron chi connectivity index (χ0n) is 17.3. The summed E-state index contributed by atoms with van der Waals surface area (Å²) in [5.74, 6) is 1.18. The van der Waals surface area contributed by atoms with E-state index in [4.69, 9.17) is 32.7 Å². The molecule has 0 amide bonds. The van der Waals surface area contributed by atoms with Crippen molar-refractivity contribution in [3.8, 4) is 0 Å². The van der Waals surface area contributed by atoms with Crippen LogP contribution in [0.15, 0.2) is 34.7 Å². The molecule has 32 heavy (non-hydrogen) atoms. The lowest BCUT2D eigenvalue weighted by atomic mass is 10.00. The average molecular weight is 469 g/mol. The van der Waals surface area contributed by atoms with Crippen molar-refractivity contribution in [1.29, 1.82) is 5.41 Å². The van der Waals surface area contributed by atoms with Crippen molar-refractivity contribution in [1.82, 2.24) is 35.2 Å². The number of hydrogen-bond donors (Lipinski definition) is 4. The van der Waals surface area contributed by atoms with Gasteiger partial charge in [-0.25, -0.2) is 19.9 Å². The first-order valence-electron chi connectivity index (χ1n) is 10.2. The number of H-pyrrole nitrogens is 1. The Bertz CT molecular complexity index is 1320. The van der Waals surface area contributed by atoms with Crippen molar-refractivity contribution in [3.05, 3.63) is 35.4 Å². The summed E-state index contributed by atoms with van der Waals surface area (Å²) in [5, 5.41) is 12.3. The largest absolute Gasteiger partial charge is 0.370 e. The summed E-state index contributed by atoms with van der Waals surface area (Å²) in [6.45, 7) is 4.31. The van der Waals surface area contributed by atoms with Gasteiger partial charge in [-0.2, -0.15) is 0 Å². The molecular formula is C20H21ClN10S. The maximum Gasteiger partial charge on any atom is 0.196 e. The number of rotatable bonds is 6. The Morgan fingerprint density at radius 2 is 2.12 bits per heavy atom. The van der Waals surface area contributed by atoms with E-state index in [9.17, 15) is 0 Å². The minimum Gasteiger partial charge on any atom is -0.370 e. The maximum absolute atomic E-state index is 7.34. The Morgan fingerprint density at radius 1 is 1.31 bits per heavy atom. The Balaban J connectivity index is 1.47. The molecule has 0 atom stereocenters. The van der Waals surface area contributed by atoms with E-state index in [1.165, 1.54) is 11.8 Å². The fourth-order valence-corrected chi connectivity index (χ4v) is 4.83. The average Bonchev–Trinajstić information content (AvgIpc) is 3.07. The normalized spacial score (nSPS) is 14.1. The van der Waals surface area contributed by atoms with Crippen molar-refractivity contribution in [2.45, 2.75) is 23.4 Å². The summed E-state index contributed by atoms with van der Waals surface area (Å²) in [6.07, 6.45) is 5.79. The highest BCUT2D eigenvalue weighted by atomic mass is 35.5. The minimum absolute atomic E-state index is 0.0125. The summed E-state index contributed by atoms with van der Waals surface area (Å²) >= 11 is 8.10. The monoisotopic (exact) mass is 468 g/mol. The Kier molecular flexibility index (Phi) is 5.43. The smallest absolute Gasteiger partial charge is 0.196 e. The van der Waals surface area contributed by atoms with Crippen LogP contribution < -0.4 is 16.0 Å². The van der Waals surface area contributed by atoms with Gasteiger partial charge < -0.3 is 20.9 Å². The Morgan fingerprint density at radius 3 is 2.91 bits per heavy atom. The van der Waals surface area contributed by atoms with Crippen LogP contribution in [-0.4, -0.2) is 55.5 Å². The second kappa shape index (κ2) is 8.40. The molecule has 1 aliphatic heterocycles. The number of guanidine groups is 1. The van der Waals surface area contributed by atoms with Gasteiger partial charge in [-0.1, -0.05) is 18.5 Å². The fraction of sp³-hybridized carbons (Fsp3) is 0.300. The van der Waals surface area contributed by atoms with Crippen LogP contribution in [0.2, 0.25) is 5.02 Å². The van der Waals surface area contributed by atoms with Gasteiger partial charge >= 0.3 is 0 Å². The van der Waals surface area contributed by atoms with Crippen LogP contribution in [0.3, 0.4) is 0 Å². The van der Waals surface area contributed by atoms with Crippen molar-refractivity contribution in [2.24, 2.45) is 11.7 Å². The molecule has 5 rings (SSSR count). The van der Waals surface area contributed by atoms with Gasteiger partial charge in [0.05, 0.1) is 10.4 Å². The highest BCUT2D eigenvalue weighted by Gasteiger charge is 2.31. The molecule has 4 aromatic rings. The standard InChI is InChI=1S/C20H21ClN10S/c1-2-12-15(21)14-17(28-12)29-20(30-18(14)31-8-10(9-31)6-27-19(22)23)32-11-5-13-16(26-7-11)25-4-3-24-13/h3-5,7,10H,2,6,8-9H2,1H3,(H4,22,23,27)(H,28,29,30). The summed E-state index contributed by atoms with van der Waals surface area (Å²) in [7, 11) is 0. The van der Waals surface area contributed by atoms with Gasteiger partial charge in [-0.15, -0.1) is 0 Å². The lowest BCUT2D eigenvalue weighted by molar-refractivity contribution is 0.403. The lowest BCUT2D eigenvalue weighted by Gasteiger charge is -2.40. The topological polar surface area (TPSA) is 145 Å². The molecule has 4 aromatic heterocycles. The van der Waals surface area contributed by atoms with E-state index in [0.717, 1.165) is 52.5 Å². The molecule has 5 N–H and O–H groups in total. The number of nitrogens with zero attached hydrogens (tertiary/aromatic N) is 6. The summed E-state index contributed by atoms with van der Waals surface area (Å²) in [6, 6.07) is 1.93. The zero-order chi connectivity index (χ0) is 22.2. The molecular weight excluding hydrogens is 448 g/mol. The van der Waals surface area contributed by atoms with Gasteiger partial charge in [0.1, 0.15) is 17.0 Å². The molecule has 164 valence electrons. The first-order valence-corrected chi connectivity index (χ1v) is 11.4. The minimum atomic E-state index is -0.0125. The van der Waals surface area contributed by atoms with E-state index in [2.05, 4.69) is 30.2 Å². The Hall–Kier alpha value is -3.18. The molecule has 0 spiro atoms. The first kappa shape index (κ1) is 20.7. The molecule has 10 nitrogen and oxygen atoms in total. The van der Waals surface area contributed by atoms with E-state index in [0.29, 0.717) is 28.3 Å². The summed E-state index contributed by atoms with van der Waals surface area (Å²) in [4.78, 5) is 28.9. The third kappa shape index (κ3) is 3.89. The van der Waals surface area contributed by atoms with E-state index in [1.807, 2.05) is 13.0 Å². The van der Waals surface area contributed by atoms with Crippen molar-refractivity contribution in [2.75, 3.05) is 24.5 Å². The second-order valence-corrected chi connectivity index (χ2v) is 8.98. The zero-order valence-corrected chi connectivity index (χ0v) is 18.8. The molecule has 0 aliphatic carbocycles. The van der Waals surface area contributed by atoms with Crippen LogP contribution in [0.5, 0.6) is 0 Å². The molecule has 1 aliphatic rings. The highest BCUT2D eigenvalue weighted by molar-refractivity contribution is 7.99. The number of nitrogens with two attached hydrogens (primary N) is 1. The summed E-state index contributed by atoms with van der Waals surface area (Å²) < 4.78 is 0. The van der Waals surface area contributed by atoms with Gasteiger partial charge in [0.2, 0.25) is 0 Å². The van der Waals surface area contributed by atoms with Gasteiger partial charge in [0.15, 0.2) is 16.8 Å². The van der Waals surface area contributed by atoms with Crippen LogP contribution in [0, 0.1) is 11.3 Å². The van der Waals surface area contributed by atoms with Crippen LogP contribution in [0.4, 0.5) is 5.82 Å². The Labute approximate surface area is 192 Å². The molecule has 12 heteroatoms. The van der Waals surface area contributed by atoms with Crippen molar-refractivity contribution < 1.29 is 0 Å². The fourth-order valence-electron chi connectivity index (χ4n) is 3.72. The number of nitrogens with one attached hydrogen (secondary N) is 3. The quantitative estimate of drug-likeness (QED) is 0.190. The third-order valence-electron chi connectivity index (χ3n) is 5.32. The van der Waals surface area contributed by atoms with Gasteiger partial charge in [-0.05, 0) is 24.2 Å². The van der Waals surface area contributed by atoms with Crippen LogP contribution in [-0.2, 0) is 6.42 Å². The van der Waals surface area contributed by atoms with E-state index < -0.39 is 0 Å². The molecule has 0 radical (unpaired) electrons.